The molecule has 0 unspecified atom stereocenters. The number of halogens is 3. The number of hydrogen-bond donors (Lipinski definition) is 2. The van der Waals surface area contributed by atoms with Crippen LogP contribution in [0.3, 0.4) is 0 Å². The highest BCUT2D eigenvalue weighted by molar-refractivity contribution is 7.89. The molecule has 2 aromatic rings. The standard InChI is InChI=1S/C22H28N2O2S.C2HF3O2/c25-27(26,21-9-5-2-6-10-21)23-20-17-22(18-20)12-15-24(16-13-22)14-11-19-7-3-1-4-8-19;3-2(4,5)1(6)7/h1-10,20,23H,11-18H2;(H,6,7). The van der Waals surface area contributed by atoms with Gasteiger partial charge in [0, 0.05) is 12.6 Å². The van der Waals surface area contributed by atoms with Crippen LogP contribution in [0.4, 0.5) is 13.2 Å². The molecule has 6 nitrogen and oxygen atoms in total. The first-order valence-corrected chi connectivity index (χ1v) is 12.6. The van der Waals surface area contributed by atoms with E-state index < -0.39 is 22.2 Å². The average Bonchev–Trinajstić information content (AvgIpc) is 2.78. The Labute approximate surface area is 197 Å². The van der Waals surface area contributed by atoms with Crippen LogP contribution in [0.15, 0.2) is 65.6 Å². The van der Waals surface area contributed by atoms with Gasteiger partial charge in [0.25, 0.3) is 0 Å². The van der Waals surface area contributed by atoms with E-state index in [-0.39, 0.29) is 6.04 Å². The van der Waals surface area contributed by atoms with Gasteiger partial charge in [-0.3, -0.25) is 0 Å². The Bertz CT molecular complexity index is 1030. The molecule has 1 saturated heterocycles. The zero-order chi connectivity index (χ0) is 24.8. The Kier molecular flexibility index (Phi) is 8.38. The first kappa shape index (κ1) is 26.2. The Morgan fingerprint density at radius 1 is 1.00 bits per heavy atom. The van der Waals surface area contributed by atoms with Gasteiger partial charge in [-0.2, -0.15) is 13.2 Å². The van der Waals surface area contributed by atoms with E-state index in [9.17, 15) is 21.6 Å². The van der Waals surface area contributed by atoms with Crippen LogP contribution in [0, 0.1) is 5.41 Å². The van der Waals surface area contributed by atoms with Crippen LogP contribution < -0.4 is 4.72 Å². The number of nitrogens with zero attached hydrogens (tertiary/aromatic N) is 1. The van der Waals surface area contributed by atoms with E-state index >= 15 is 0 Å². The minimum Gasteiger partial charge on any atom is -0.475 e. The van der Waals surface area contributed by atoms with Gasteiger partial charge in [0.1, 0.15) is 0 Å². The van der Waals surface area contributed by atoms with Crippen molar-refractivity contribution in [3.8, 4) is 0 Å². The summed E-state index contributed by atoms with van der Waals surface area (Å²) in [6.45, 7) is 3.38. The van der Waals surface area contributed by atoms with E-state index in [2.05, 4.69) is 40.0 Å². The summed E-state index contributed by atoms with van der Waals surface area (Å²) in [4.78, 5) is 11.8. The van der Waals surface area contributed by atoms with Crippen LogP contribution in [0.1, 0.15) is 31.2 Å². The van der Waals surface area contributed by atoms with E-state index in [1.165, 1.54) is 18.4 Å². The largest absolute Gasteiger partial charge is 0.490 e. The Hall–Kier alpha value is -2.43. The summed E-state index contributed by atoms with van der Waals surface area (Å²) >= 11 is 0. The molecule has 0 aromatic heterocycles. The van der Waals surface area contributed by atoms with Crippen molar-refractivity contribution >= 4 is 16.0 Å². The minimum absolute atomic E-state index is 0.0890. The number of rotatable bonds is 6. The molecule has 1 spiro atoms. The molecule has 1 saturated carbocycles. The Morgan fingerprint density at radius 2 is 1.50 bits per heavy atom. The average molecular weight is 499 g/mol. The summed E-state index contributed by atoms with van der Waals surface area (Å²) in [5.74, 6) is -2.76. The van der Waals surface area contributed by atoms with Crippen molar-refractivity contribution in [3.63, 3.8) is 0 Å². The molecule has 2 N–H and O–H groups in total. The SMILES string of the molecule is O=C(O)C(F)(F)F.O=S(=O)(NC1CC2(CCN(CCc3ccccc3)CC2)C1)c1ccccc1. The monoisotopic (exact) mass is 498 g/mol. The van der Waals surface area contributed by atoms with Gasteiger partial charge in [-0.05, 0) is 68.3 Å². The van der Waals surface area contributed by atoms with Gasteiger partial charge < -0.3 is 10.0 Å². The fraction of sp³-hybridized carbons (Fsp3) is 0.458. The van der Waals surface area contributed by atoms with Gasteiger partial charge in [-0.1, -0.05) is 48.5 Å². The number of nitrogens with one attached hydrogen (secondary N) is 1. The molecule has 0 atom stereocenters. The number of piperidine rings is 1. The number of likely N-dealkylation sites (tertiary alicyclic amines) is 1. The molecule has 0 bridgehead atoms. The van der Waals surface area contributed by atoms with Crippen molar-refractivity contribution in [1.82, 2.24) is 9.62 Å². The molecule has 1 aliphatic carbocycles. The second-order valence-electron chi connectivity index (χ2n) is 8.92. The van der Waals surface area contributed by atoms with Gasteiger partial charge in [0.15, 0.2) is 0 Å². The predicted molar refractivity (Wildman–Crippen MR) is 122 cm³/mol. The summed E-state index contributed by atoms with van der Waals surface area (Å²) in [5.41, 5.74) is 1.75. The molecule has 1 aliphatic heterocycles. The lowest BCUT2D eigenvalue weighted by Gasteiger charge is -2.52. The third-order valence-electron chi connectivity index (χ3n) is 6.45. The maximum absolute atomic E-state index is 12.5. The van der Waals surface area contributed by atoms with Gasteiger partial charge in [0.05, 0.1) is 4.90 Å². The van der Waals surface area contributed by atoms with E-state index in [0.717, 1.165) is 38.9 Å². The van der Waals surface area contributed by atoms with Crippen molar-refractivity contribution in [1.29, 1.82) is 0 Å². The van der Waals surface area contributed by atoms with Crippen molar-refractivity contribution in [2.24, 2.45) is 5.41 Å². The Morgan fingerprint density at radius 3 is 2.00 bits per heavy atom. The number of benzene rings is 2. The van der Waals surface area contributed by atoms with Crippen LogP contribution in [0.5, 0.6) is 0 Å². The molecular weight excluding hydrogens is 469 g/mol. The van der Waals surface area contributed by atoms with E-state index in [4.69, 9.17) is 9.90 Å². The smallest absolute Gasteiger partial charge is 0.475 e. The lowest BCUT2D eigenvalue weighted by molar-refractivity contribution is -0.192. The summed E-state index contributed by atoms with van der Waals surface area (Å²) in [6, 6.07) is 19.4. The third kappa shape index (κ3) is 7.28. The molecule has 34 heavy (non-hydrogen) atoms. The normalized spacial score (nSPS) is 18.6. The lowest BCUT2D eigenvalue weighted by atomic mass is 9.60. The molecule has 0 amide bonds. The number of sulfonamides is 1. The summed E-state index contributed by atoms with van der Waals surface area (Å²) < 4.78 is 59.6. The minimum atomic E-state index is -5.08. The molecule has 10 heteroatoms. The Balaban J connectivity index is 0.000000406. The second-order valence-corrected chi connectivity index (χ2v) is 10.6. The van der Waals surface area contributed by atoms with Gasteiger partial charge in [-0.15, -0.1) is 0 Å². The molecule has 2 aliphatic rings. The molecule has 4 rings (SSSR count). The zero-order valence-electron chi connectivity index (χ0n) is 18.7. The predicted octanol–water partition coefficient (Wildman–Crippen LogP) is 4.09. The summed E-state index contributed by atoms with van der Waals surface area (Å²) in [5, 5.41) is 7.12. The van der Waals surface area contributed by atoms with Crippen molar-refractivity contribution in [2.45, 2.75) is 49.2 Å². The number of alkyl halides is 3. The molecular formula is C24H29F3N2O4S. The highest BCUT2D eigenvalue weighted by Gasteiger charge is 2.46. The first-order valence-electron chi connectivity index (χ1n) is 11.1. The van der Waals surface area contributed by atoms with Crippen LogP contribution in [-0.2, 0) is 21.2 Å². The molecule has 2 fully saturated rings. The van der Waals surface area contributed by atoms with E-state index in [1.54, 1.807) is 24.3 Å². The zero-order valence-corrected chi connectivity index (χ0v) is 19.5. The second kappa shape index (κ2) is 10.9. The fourth-order valence-corrected chi connectivity index (χ4v) is 5.80. The summed E-state index contributed by atoms with van der Waals surface area (Å²) in [6.07, 6.45) is 0.348. The van der Waals surface area contributed by atoms with Gasteiger partial charge in [-0.25, -0.2) is 17.9 Å². The molecule has 186 valence electrons. The number of carbonyl (C=O) groups is 1. The molecule has 1 heterocycles. The lowest BCUT2D eigenvalue weighted by Crippen LogP contribution is -2.54. The van der Waals surface area contributed by atoms with Crippen molar-refractivity contribution < 1.29 is 31.5 Å². The maximum atomic E-state index is 12.5. The number of hydrogen-bond acceptors (Lipinski definition) is 4. The van der Waals surface area contributed by atoms with Crippen LogP contribution in [0.2, 0.25) is 0 Å². The quantitative estimate of drug-likeness (QED) is 0.627. The topological polar surface area (TPSA) is 86.7 Å². The first-order chi connectivity index (χ1) is 16.0. The van der Waals surface area contributed by atoms with Crippen LogP contribution in [0.25, 0.3) is 0 Å². The van der Waals surface area contributed by atoms with E-state index in [0.29, 0.717) is 10.3 Å². The number of carboxylic acid groups (broad SMARTS) is 1. The van der Waals surface area contributed by atoms with Crippen molar-refractivity contribution in [3.05, 3.63) is 66.2 Å². The fourth-order valence-electron chi connectivity index (χ4n) is 4.55. The van der Waals surface area contributed by atoms with Crippen LogP contribution in [-0.4, -0.2) is 56.2 Å². The molecule has 2 aromatic carbocycles. The van der Waals surface area contributed by atoms with Crippen molar-refractivity contribution in [2.75, 3.05) is 19.6 Å². The summed E-state index contributed by atoms with van der Waals surface area (Å²) in [7, 11) is -3.39. The highest BCUT2D eigenvalue weighted by Crippen LogP contribution is 2.49. The number of carboxylic acids is 1. The number of aliphatic carboxylic acids is 1. The van der Waals surface area contributed by atoms with Gasteiger partial charge in [0.2, 0.25) is 10.0 Å². The highest BCUT2D eigenvalue weighted by atomic mass is 32.2. The molecule has 0 radical (unpaired) electrons. The van der Waals surface area contributed by atoms with E-state index in [1.807, 2.05) is 6.07 Å². The maximum Gasteiger partial charge on any atom is 0.490 e. The van der Waals surface area contributed by atoms with Crippen LogP contribution >= 0.6 is 0 Å². The third-order valence-corrected chi connectivity index (χ3v) is 7.99. The van der Waals surface area contributed by atoms with Gasteiger partial charge >= 0.3 is 12.1 Å².